The van der Waals surface area contributed by atoms with E-state index >= 15 is 0 Å². The number of nitrogens with zero attached hydrogens (tertiary/aromatic N) is 3. The van der Waals surface area contributed by atoms with Crippen LogP contribution in [0.15, 0.2) is 41.2 Å². The molecular formula is C17H18N4OS. The summed E-state index contributed by atoms with van der Waals surface area (Å²) in [5, 5.41) is 3.97. The Balaban J connectivity index is 1.68. The van der Waals surface area contributed by atoms with Gasteiger partial charge in [-0.1, -0.05) is 38.2 Å². The van der Waals surface area contributed by atoms with Crippen LogP contribution in [0.3, 0.4) is 0 Å². The molecule has 0 amide bonds. The van der Waals surface area contributed by atoms with Crippen LogP contribution in [0.5, 0.6) is 0 Å². The van der Waals surface area contributed by atoms with Gasteiger partial charge in [0.2, 0.25) is 5.89 Å². The summed E-state index contributed by atoms with van der Waals surface area (Å²) in [6, 6.07) is 5.71. The van der Waals surface area contributed by atoms with Gasteiger partial charge in [-0.2, -0.15) is 0 Å². The fourth-order valence-electron chi connectivity index (χ4n) is 1.83. The van der Waals surface area contributed by atoms with E-state index in [1.165, 1.54) is 0 Å². The van der Waals surface area contributed by atoms with E-state index in [9.17, 15) is 0 Å². The predicted molar refractivity (Wildman–Crippen MR) is 93.8 cm³/mol. The predicted octanol–water partition coefficient (Wildman–Crippen LogP) is 4.74. The van der Waals surface area contributed by atoms with E-state index in [1.807, 2.05) is 30.4 Å². The van der Waals surface area contributed by atoms with Crippen LogP contribution in [0.2, 0.25) is 0 Å². The van der Waals surface area contributed by atoms with Gasteiger partial charge in [-0.25, -0.2) is 15.0 Å². The summed E-state index contributed by atoms with van der Waals surface area (Å²) in [4.78, 5) is 13.8. The van der Waals surface area contributed by atoms with E-state index in [-0.39, 0.29) is 5.41 Å². The number of rotatable bonds is 4. The molecule has 0 aliphatic rings. The van der Waals surface area contributed by atoms with Gasteiger partial charge in [0.05, 0.1) is 6.20 Å². The van der Waals surface area contributed by atoms with Crippen LogP contribution in [-0.4, -0.2) is 15.0 Å². The first-order valence-electron chi connectivity index (χ1n) is 7.29. The van der Waals surface area contributed by atoms with Gasteiger partial charge < -0.3 is 9.73 Å². The molecule has 3 heterocycles. The zero-order valence-electron chi connectivity index (χ0n) is 13.3. The Morgan fingerprint density at radius 2 is 1.96 bits per heavy atom. The van der Waals surface area contributed by atoms with Crippen LogP contribution >= 0.6 is 11.3 Å². The molecule has 0 unspecified atom stereocenters. The molecule has 0 aromatic carbocycles. The summed E-state index contributed by atoms with van der Waals surface area (Å²) in [5.41, 5.74) is -0.0383. The van der Waals surface area contributed by atoms with Crippen molar-refractivity contribution in [1.29, 1.82) is 0 Å². The largest absolute Gasteiger partial charge is 0.441 e. The first-order valence-corrected chi connectivity index (χ1v) is 8.11. The molecular weight excluding hydrogens is 308 g/mol. The summed E-state index contributed by atoms with van der Waals surface area (Å²) in [7, 11) is 0. The zero-order valence-corrected chi connectivity index (χ0v) is 14.1. The second kappa shape index (κ2) is 6.34. The topological polar surface area (TPSA) is 63.8 Å². The van der Waals surface area contributed by atoms with Gasteiger partial charge in [0.25, 0.3) is 0 Å². The maximum Gasteiger partial charge on any atom is 0.218 e. The van der Waals surface area contributed by atoms with Crippen LogP contribution in [0.4, 0.5) is 10.9 Å². The third-order valence-electron chi connectivity index (χ3n) is 3.08. The van der Waals surface area contributed by atoms with Crippen molar-refractivity contribution in [3.63, 3.8) is 0 Å². The highest BCUT2D eigenvalue weighted by molar-refractivity contribution is 7.16. The third kappa shape index (κ3) is 4.04. The molecule has 3 aromatic rings. The van der Waals surface area contributed by atoms with E-state index in [4.69, 9.17) is 4.42 Å². The first kappa shape index (κ1) is 15.4. The molecule has 1 N–H and O–H groups in total. The van der Waals surface area contributed by atoms with Crippen molar-refractivity contribution in [2.45, 2.75) is 26.2 Å². The number of nitrogens with one attached hydrogen (secondary N) is 1. The van der Waals surface area contributed by atoms with Crippen molar-refractivity contribution in [3.8, 4) is 0 Å². The molecule has 0 saturated heterocycles. The summed E-state index contributed by atoms with van der Waals surface area (Å²) < 4.78 is 5.73. The monoisotopic (exact) mass is 326 g/mol. The van der Waals surface area contributed by atoms with E-state index in [2.05, 4.69) is 41.0 Å². The SMILES string of the molecule is CC(C)(C)c1cnc(/C=C\c2cnc(Nc3ccccn3)s2)o1. The van der Waals surface area contributed by atoms with Crippen LogP contribution < -0.4 is 5.32 Å². The fourth-order valence-corrected chi connectivity index (χ4v) is 2.56. The van der Waals surface area contributed by atoms with E-state index in [0.29, 0.717) is 5.89 Å². The van der Waals surface area contributed by atoms with Gasteiger partial charge in [-0.15, -0.1) is 0 Å². The molecule has 0 bridgehead atoms. The quantitative estimate of drug-likeness (QED) is 0.750. The molecule has 5 nitrogen and oxygen atoms in total. The minimum atomic E-state index is -0.0383. The number of oxazole rings is 1. The van der Waals surface area contributed by atoms with Gasteiger partial charge >= 0.3 is 0 Å². The maximum atomic E-state index is 5.73. The van der Waals surface area contributed by atoms with E-state index < -0.39 is 0 Å². The van der Waals surface area contributed by atoms with Crippen molar-refractivity contribution < 1.29 is 4.42 Å². The average molecular weight is 326 g/mol. The van der Waals surface area contributed by atoms with Gasteiger partial charge in [0.1, 0.15) is 11.6 Å². The van der Waals surface area contributed by atoms with Crippen molar-refractivity contribution in [2.24, 2.45) is 0 Å². The molecule has 0 fully saturated rings. The first-order chi connectivity index (χ1) is 11.0. The van der Waals surface area contributed by atoms with Gasteiger partial charge in [-0.3, -0.25) is 0 Å². The lowest BCUT2D eigenvalue weighted by molar-refractivity contribution is 0.403. The Hall–Kier alpha value is -2.47. The van der Waals surface area contributed by atoms with Gasteiger partial charge in [0.15, 0.2) is 5.13 Å². The molecule has 23 heavy (non-hydrogen) atoms. The molecule has 0 atom stereocenters. The van der Waals surface area contributed by atoms with Gasteiger partial charge in [0, 0.05) is 28.8 Å². The zero-order chi connectivity index (χ0) is 16.3. The average Bonchev–Trinajstić information content (AvgIpc) is 3.15. The van der Waals surface area contributed by atoms with E-state index in [0.717, 1.165) is 21.6 Å². The second-order valence-electron chi connectivity index (χ2n) is 6.05. The minimum absolute atomic E-state index is 0.0383. The number of pyridine rings is 1. The number of hydrogen-bond acceptors (Lipinski definition) is 6. The third-order valence-corrected chi connectivity index (χ3v) is 3.95. The lowest BCUT2D eigenvalue weighted by atomic mass is 9.94. The Labute approximate surface area is 139 Å². The molecule has 0 saturated carbocycles. The van der Waals surface area contributed by atoms with Crippen LogP contribution in [0, 0.1) is 0 Å². The number of anilines is 2. The maximum absolute atomic E-state index is 5.73. The molecule has 6 heteroatoms. The Morgan fingerprint density at radius 3 is 2.65 bits per heavy atom. The Bertz CT molecular complexity index is 799. The number of hydrogen-bond donors (Lipinski definition) is 1. The lowest BCUT2D eigenvalue weighted by Gasteiger charge is -2.12. The fraction of sp³-hybridized carbons (Fsp3) is 0.235. The van der Waals surface area contributed by atoms with E-state index in [1.54, 1.807) is 29.9 Å². The number of aromatic nitrogens is 3. The summed E-state index contributed by atoms with van der Waals surface area (Å²) in [5.74, 6) is 2.25. The highest BCUT2D eigenvalue weighted by Crippen LogP contribution is 2.25. The molecule has 118 valence electrons. The van der Waals surface area contributed by atoms with Gasteiger partial charge in [-0.05, 0) is 18.2 Å². The highest BCUT2D eigenvalue weighted by Gasteiger charge is 2.18. The van der Waals surface area contributed by atoms with Crippen molar-refractivity contribution in [2.75, 3.05) is 5.32 Å². The summed E-state index contributed by atoms with van der Waals surface area (Å²) in [6.07, 6.45) is 9.12. The molecule has 3 rings (SSSR count). The smallest absolute Gasteiger partial charge is 0.218 e. The normalized spacial score (nSPS) is 12.0. The summed E-state index contributed by atoms with van der Waals surface area (Å²) >= 11 is 1.54. The van der Waals surface area contributed by atoms with Crippen LogP contribution in [-0.2, 0) is 5.41 Å². The number of thiazole rings is 1. The van der Waals surface area contributed by atoms with Crippen LogP contribution in [0.25, 0.3) is 12.2 Å². The molecule has 3 aromatic heterocycles. The molecule has 0 spiro atoms. The standard InChI is InChI=1S/C17H18N4OS/c1-17(2,3)13-11-19-15(22-13)8-7-12-10-20-16(23-12)21-14-6-4-5-9-18-14/h4-11H,1-3H3,(H,18,20,21)/b8-7-. The highest BCUT2D eigenvalue weighted by atomic mass is 32.1. The van der Waals surface area contributed by atoms with Crippen LogP contribution in [0.1, 0.15) is 37.3 Å². The minimum Gasteiger partial charge on any atom is -0.441 e. The Kier molecular flexibility index (Phi) is 4.25. The van der Waals surface area contributed by atoms with Crippen molar-refractivity contribution >= 4 is 34.4 Å². The Morgan fingerprint density at radius 1 is 1.09 bits per heavy atom. The molecule has 0 radical (unpaired) electrons. The molecule has 0 aliphatic heterocycles. The second-order valence-corrected chi connectivity index (χ2v) is 7.12. The van der Waals surface area contributed by atoms with Crippen molar-refractivity contribution in [1.82, 2.24) is 15.0 Å². The molecule has 0 aliphatic carbocycles. The lowest BCUT2D eigenvalue weighted by Crippen LogP contribution is -2.09. The summed E-state index contributed by atoms with van der Waals surface area (Å²) in [6.45, 7) is 6.29. The van der Waals surface area contributed by atoms with Crippen molar-refractivity contribution in [3.05, 3.63) is 53.3 Å².